The minimum absolute atomic E-state index is 0.220. The van der Waals surface area contributed by atoms with E-state index in [1.165, 1.54) is 18.4 Å². The van der Waals surface area contributed by atoms with Crippen molar-refractivity contribution in [3.63, 3.8) is 0 Å². The van der Waals surface area contributed by atoms with Crippen molar-refractivity contribution in [1.82, 2.24) is 9.80 Å². The highest BCUT2D eigenvalue weighted by Gasteiger charge is 2.34. The Morgan fingerprint density at radius 2 is 2.00 bits per heavy atom. The van der Waals surface area contributed by atoms with Crippen molar-refractivity contribution in [3.8, 4) is 5.75 Å². The van der Waals surface area contributed by atoms with Gasteiger partial charge in [0.05, 0.1) is 7.11 Å². The highest BCUT2D eigenvalue weighted by molar-refractivity contribution is 5.73. The van der Waals surface area contributed by atoms with Gasteiger partial charge in [-0.15, -0.1) is 0 Å². The lowest BCUT2D eigenvalue weighted by Gasteiger charge is -2.35. The minimum Gasteiger partial charge on any atom is -0.497 e. The zero-order valence-electron chi connectivity index (χ0n) is 14.1. The maximum absolute atomic E-state index is 11.7. The molecule has 3 heterocycles. The normalized spacial score (nSPS) is 24.9. The fraction of sp³-hybridized carbons (Fsp3) is 0.526. The minimum atomic E-state index is 0.220. The number of fused-ring (bicyclic) bond motifs is 4. The number of hydrogen-bond donors (Lipinski definition) is 0. The van der Waals surface area contributed by atoms with Gasteiger partial charge in [-0.1, -0.05) is 24.3 Å². The van der Waals surface area contributed by atoms with Crippen molar-refractivity contribution in [2.45, 2.75) is 25.8 Å². The van der Waals surface area contributed by atoms with E-state index in [-0.39, 0.29) is 5.91 Å². The van der Waals surface area contributed by atoms with Gasteiger partial charge in [-0.05, 0) is 36.5 Å². The summed E-state index contributed by atoms with van der Waals surface area (Å²) in [6, 6.07) is 8.62. The van der Waals surface area contributed by atoms with Gasteiger partial charge >= 0.3 is 0 Å². The monoisotopic (exact) mass is 314 g/mol. The van der Waals surface area contributed by atoms with Crippen molar-refractivity contribution in [2.75, 3.05) is 33.3 Å². The number of nitrogens with zero attached hydrogens (tertiary/aromatic N) is 2. The average Bonchev–Trinajstić information content (AvgIpc) is 2.87. The van der Waals surface area contributed by atoms with Crippen LogP contribution in [0.5, 0.6) is 5.75 Å². The zero-order chi connectivity index (χ0) is 16.2. The van der Waals surface area contributed by atoms with Gasteiger partial charge in [-0.25, -0.2) is 0 Å². The quantitative estimate of drug-likeness (QED) is 0.856. The standard InChI is InChI=1S/C19H26N2O2/c1-15(22)21-13-17-5-8-18(14-21)20(12-17)11-3-4-16-6-9-19(23-2)10-7-16/h3-4,6-7,9-10,17-18H,5,8,11-14H2,1-2H3/b4-3+/t17-,18-/m0/s1. The fourth-order valence-electron chi connectivity index (χ4n) is 3.70. The fourth-order valence-corrected chi connectivity index (χ4v) is 3.70. The SMILES string of the molecule is COc1ccc(/C=C/CN2C[C@@H]3CC[C@H]2CN(C(C)=O)C3)cc1. The Bertz CT molecular complexity index is 567. The first-order valence-electron chi connectivity index (χ1n) is 8.46. The molecule has 0 spiro atoms. The second kappa shape index (κ2) is 7.18. The first kappa shape index (κ1) is 16.1. The summed E-state index contributed by atoms with van der Waals surface area (Å²) in [6.45, 7) is 5.59. The van der Waals surface area contributed by atoms with Crippen molar-refractivity contribution >= 4 is 12.0 Å². The lowest BCUT2D eigenvalue weighted by molar-refractivity contribution is -0.129. The molecule has 0 aliphatic carbocycles. The van der Waals surface area contributed by atoms with Gasteiger partial charge in [-0.2, -0.15) is 0 Å². The van der Waals surface area contributed by atoms with Crippen molar-refractivity contribution in [2.24, 2.45) is 5.92 Å². The van der Waals surface area contributed by atoms with Crippen LogP contribution >= 0.6 is 0 Å². The largest absolute Gasteiger partial charge is 0.497 e. The first-order valence-corrected chi connectivity index (χ1v) is 8.46. The molecule has 23 heavy (non-hydrogen) atoms. The predicted molar refractivity (Wildman–Crippen MR) is 92.4 cm³/mol. The molecule has 3 aliphatic rings. The second-order valence-corrected chi connectivity index (χ2v) is 6.65. The van der Waals surface area contributed by atoms with Gasteiger partial charge in [0.1, 0.15) is 5.75 Å². The van der Waals surface area contributed by atoms with Gasteiger partial charge in [-0.3, -0.25) is 9.69 Å². The number of rotatable bonds is 4. The van der Waals surface area contributed by atoms with Crippen LogP contribution in [-0.4, -0.2) is 55.0 Å². The molecule has 0 aromatic heterocycles. The van der Waals surface area contributed by atoms with Crippen LogP contribution in [0.2, 0.25) is 0 Å². The average molecular weight is 314 g/mol. The summed E-state index contributed by atoms with van der Waals surface area (Å²) in [4.78, 5) is 16.3. The van der Waals surface area contributed by atoms with Crippen LogP contribution in [0.25, 0.3) is 6.08 Å². The van der Waals surface area contributed by atoms with Crippen LogP contribution < -0.4 is 4.74 Å². The second-order valence-electron chi connectivity index (χ2n) is 6.65. The third-order valence-electron chi connectivity index (χ3n) is 5.04. The summed E-state index contributed by atoms with van der Waals surface area (Å²) >= 11 is 0. The molecule has 4 nitrogen and oxygen atoms in total. The van der Waals surface area contributed by atoms with Crippen LogP contribution in [0.1, 0.15) is 25.3 Å². The molecule has 1 amide bonds. The Balaban J connectivity index is 1.59. The van der Waals surface area contributed by atoms with Gasteiger partial charge < -0.3 is 9.64 Å². The number of benzene rings is 1. The van der Waals surface area contributed by atoms with E-state index in [0.717, 1.165) is 31.9 Å². The van der Waals surface area contributed by atoms with Gasteiger partial charge in [0.2, 0.25) is 5.91 Å². The molecule has 4 heteroatoms. The maximum Gasteiger partial charge on any atom is 0.219 e. The van der Waals surface area contributed by atoms with Crippen LogP contribution in [-0.2, 0) is 4.79 Å². The lowest BCUT2D eigenvalue weighted by Crippen LogP contribution is -2.44. The first-order chi connectivity index (χ1) is 11.2. The van der Waals surface area contributed by atoms with E-state index in [1.54, 1.807) is 14.0 Å². The Hall–Kier alpha value is -1.81. The van der Waals surface area contributed by atoms with Crippen molar-refractivity contribution < 1.29 is 9.53 Å². The molecule has 1 aromatic carbocycles. The summed E-state index contributed by atoms with van der Waals surface area (Å²) < 4.78 is 5.18. The van der Waals surface area contributed by atoms with E-state index in [9.17, 15) is 4.79 Å². The van der Waals surface area contributed by atoms with Crippen LogP contribution in [0.4, 0.5) is 0 Å². The maximum atomic E-state index is 11.7. The highest BCUT2D eigenvalue weighted by Crippen LogP contribution is 2.28. The number of carbonyl (C=O) groups is 1. The molecule has 124 valence electrons. The Morgan fingerprint density at radius 1 is 1.22 bits per heavy atom. The molecule has 0 unspecified atom stereocenters. The summed E-state index contributed by atoms with van der Waals surface area (Å²) in [5, 5.41) is 0. The molecule has 3 saturated heterocycles. The van der Waals surface area contributed by atoms with Crippen LogP contribution in [0.15, 0.2) is 30.3 Å². The molecule has 2 bridgehead atoms. The lowest BCUT2D eigenvalue weighted by atomic mass is 9.95. The molecule has 1 aromatic rings. The van der Waals surface area contributed by atoms with Gasteiger partial charge in [0.15, 0.2) is 0 Å². The van der Waals surface area contributed by atoms with Crippen molar-refractivity contribution in [3.05, 3.63) is 35.9 Å². The molecular weight excluding hydrogens is 288 g/mol. The Kier molecular flexibility index (Phi) is 5.01. The summed E-state index contributed by atoms with van der Waals surface area (Å²) in [5.41, 5.74) is 1.19. The summed E-state index contributed by atoms with van der Waals surface area (Å²) in [7, 11) is 1.68. The number of hydrogen-bond acceptors (Lipinski definition) is 3. The molecule has 4 rings (SSSR count). The zero-order valence-corrected chi connectivity index (χ0v) is 14.1. The van der Waals surface area contributed by atoms with E-state index in [4.69, 9.17) is 4.74 Å². The van der Waals surface area contributed by atoms with E-state index in [0.29, 0.717) is 12.0 Å². The Morgan fingerprint density at radius 3 is 2.70 bits per heavy atom. The third kappa shape index (κ3) is 3.94. The summed E-state index contributed by atoms with van der Waals surface area (Å²) in [5.74, 6) is 1.74. The van der Waals surface area contributed by atoms with Gasteiger partial charge in [0.25, 0.3) is 0 Å². The van der Waals surface area contributed by atoms with Gasteiger partial charge in [0, 0.05) is 39.1 Å². The number of carbonyl (C=O) groups excluding carboxylic acids is 1. The van der Waals surface area contributed by atoms with Crippen LogP contribution in [0.3, 0.4) is 0 Å². The molecule has 0 saturated carbocycles. The highest BCUT2D eigenvalue weighted by atomic mass is 16.5. The van der Waals surface area contributed by atoms with E-state index in [2.05, 4.69) is 29.2 Å². The number of piperidine rings is 1. The molecule has 0 N–H and O–H groups in total. The number of methoxy groups -OCH3 is 1. The molecule has 0 radical (unpaired) electrons. The van der Waals surface area contributed by atoms with Crippen molar-refractivity contribution in [1.29, 1.82) is 0 Å². The van der Waals surface area contributed by atoms with E-state index >= 15 is 0 Å². The topological polar surface area (TPSA) is 32.8 Å². The predicted octanol–water partition coefficient (Wildman–Crippen LogP) is 2.65. The number of ether oxygens (including phenoxy) is 1. The smallest absolute Gasteiger partial charge is 0.219 e. The molecule has 2 atom stereocenters. The molecule has 3 aliphatic heterocycles. The summed E-state index contributed by atoms with van der Waals surface area (Å²) in [6.07, 6.45) is 6.87. The van der Waals surface area contributed by atoms with Crippen LogP contribution in [0, 0.1) is 5.92 Å². The third-order valence-corrected chi connectivity index (χ3v) is 5.04. The number of amides is 1. The van der Waals surface area contributed by atoms with E-state index in [1.807, 2.05) is 17.0 Å². The molecular formula is C19H26N2O2. The Labute approximate surface area is 138 Å². The molecule has 3 fully saturated rings. The van der Waals surface area contributed by atoms with E-state index < -0.39 is 0 Å².